The van der Waals surface area contributed by atoms with Crippen LogP contribution in [-0.4, -0.2) is 35.4 Å². The van der Waals surface area contributed by atoms with Crippen LogP contribution in [0.2, 0.25) is 5.02 Å². The summed E-state index contributed by atoms with van der Waals surface area (Å²) in [6.07, 6.45) is 6.47. The maximum Gasteiger partial charge on any atom is 0.247 e. The molecule has 6 nitrogen and oxygen atoms in total. The molecule has 2 amide bonds. The van der Waals surface area contributed by atoms with Gasteiger partial charge in [-0.1, -0.05) is 55.5 Å². The van der Waals surface area contributed by atoms with Gasteiger partial charge >= 0.3 is 0 Å². The summed E-state index contributed by atoms with van der Waals surface area (Å²) >= 11 is 12.1. The second-order valence-electron chi connectivity index (χ2n) is 8.49. The molecule has 0 saturated heterocycles. The van der Waals surface area contributed by atoms with Crippen molar-refractivity contribution in [2.45, 2.75) is 57.2 Å². The molecular weight excluding hydrogens is 463 g/mol. The Hall–Kier alpha value is -2.44. The van der Waals surface area contributed by atoms with Crippen LogP contribution in [0.25, 0.3) is 0 Å². The minimum atomic E-state index is -0.831. The smallest absolute Gasteiger partial charge is 0.247 e. The molecular formula is C25H28Cl2N2O4. The number of rotatable bonds is 7. The summed E-state index contributed by atoms with van der Waals surface area (Å²) in [6, 6.07) is 11.8. The molecule has 1 aliphatic heterocycles. The lowest BCUT2D eigenvalue weighted by molar-refractivity contribution is -0.140. The van der Waals surface area contributed by atoms with Gasteiger partial charge in [0.15, 0.2) is 11.5 Å². The van der Waals surface area contributed by atoms with Crippen molar-refractivity contribution in [2.24, 2.45) is 0 Å². The highest BCUT2D eigenvalue weighted by molar-refractivity contribution is 6.30. The third-order valence-corrected chi connectivity index (χ3v) is 6.65. The van der Waals surface area contributed by atoms with Crippen molar-refractivity contribution in [1.29, 1.82) is 0 Å². The third kappa shape index (κ3) is 5.92. The van der Waals surface area contributed by atoms with E-state index in [2.05, 4.69) is 5.32 Å². The Labute approximate surface area is 204 Å². The van der Waals surface area contributed by atoms with Gasteiger partial charge in [0.2, 0.25) is 18.6 Å². The first-order valence-corrected chi connectivity index (χ1v) is 12.3. The fraction of sp³-hybridized carbons (Fsp3) is 0.440. The Morgan fingerprint density at radius 1 is 1.00 bits per heavy atom. The number of amides is 2. The summed E-state index contributed by atoms with van der Waals surface area (Å²) in [4.78, 5) is 28.2. The first-order chi connectivity index (χ1) is 16.0. The van der Waals surface area contributed by atoms with E-state index in [0.29, 0.717) is 22.1 Å². The minimum Gasteiger partial charge on any atom is -0.454 e. The zero-order valence-electron chi connectivity index (χ0n) is 18.4. The molecule has 1 aliphatic carbocycles. The average Bonchev–Trinajstić information content (AvgIpc) is 3.14. The second-order valence-corrected chi connectivity index (χ2v) is 9.20. The van der Waals surface area contributed by atoms with Crippen LogP contribution in [0.15, 0.2) is 42.5 Å². The molecule has 0 aromatic heterocycles. The zero-order valence-corrected chi connectivity index (χ0v) is 19.9. The van der Waals surface area contributed by atoms with Crippen molar-refractivity contribution in [2.75, 3.05) is 12.7 Å². The van der Waals surface area contributed by atoms with E-state index in [1.165, 1.54) is 17.7 Å². The second kappa shape index (κ2) is 11.1. The Kier molecular flexibility index (Phi) is 7.99. The largest absolute Gasteiger partial charge is 0.454 e. The van der Waals surface area contributed by atoms with Crippen molar-refractivity contribution >= 4 is 35.0 Å². The standard InChI is InChI=1S/C25H28Cl2N2O4/c26-14-23(30)29(15-17-7-12-21-22(13-17)33-16-32-21)24(18-8-10-19(27)11-9-18)25(31)28-20-5-3-1-2-4-6-20/h7-13,20,24H,1-6,14-16H2,(H,28,31). The van der Waals surface area contributed by atoms with E-state index >= 15 is 0 Å². The minimum absolute atomic E-state index is 0.105. The third-order valence-electron chi connectivity index (χ3n) is 6.17. The monoisotopic (exact) mass is 490 g/mol. The summed E-state index contributed by atoms with van der Waals surface area (Å²) in [7, 11) is 0. The van der Waals surface area contributed by atoms with E-state index in [4.69, 9.17) is 32.7 Å². The van der Waals surface area contributed by atoms with E-state index in [9.17, 15) is 9.59 Å². The molecule has 1 unspecified atom stereocenters. The lowest BCUT2D eigenvalue weighted by Gasteiger charge is -2.32. The van der Waals surface area contributed by atoms with Crippen LogP contribution < -0.4 is 14.8 Å². The van der Waals surface area contributed by atoms with Gasteiger partial charge in [0.25, 0.3) is 0 Å². The van der Waals surface area contributed by atoms with Gasteiger partial charge in [0, 0.05) is 17.6 Å². The normalized spacial score (nSPS) is 16.7. The van der Waals surface area contributed by atoms with Gasteiger partial charge in [0.05, 0.1) is 0 Å². The predicted octanol–water partition coefficient (Wildman–Crippen LogP) is 5.22. The Bertz CT molecular complexity index is 975. The topological polar surface area (TPSA) is 67.9 Å². The number of nitrogens with one attached hydrogen (secondary N) is 1. The van der Waals surface area contributed by atoms with E-state index in [1.54, 1.807) is 24.3 Å². The fourth-order valence-electron chi connectivity index (χ4n) is 4.46. The molecule has 2 aromatic rings. The average molecular weight is 491 g/mol. The number of benzene rings is 2. The molecule has 176 valence electrons. The first-order valence-electron chi connectivity index (χ1n) is 11.3. The Balaban J connectivity index is 1.64. The van der Waals surface area contributed by atoms with Crippen LogP contribution >= 0.6 is 23.2 Å². The summed E-state index contributed by atoms with van der Waals surface area (Å²) in [5.74, 6) is 0.519. The first kappa shape index (κ1) is 23.7. The van der Waals surface area contributed by atoms with Crippen LogP contribution in [0.4, 0.5) is 0 Å². The molecule has 0 spiro atoms. The van der Waals surface area contributed by atoms with Crippen molar-refractivity contribution in [3.8, 4) is 11.5 Å². The maximum atomic E-state index is 13.6. The van der Waals surface area contributed by atoms with Crippen LogP contribution in [0.5, 0.6) is 11.5 Å². The Morgan fingerprint density at radius 3 is 2.39 bits per heavy atom. The van der Waals surface area contributed by atoms with Gasteiger partial charge in [-0.3, -0.25) is 9.59 Å². The maximum absolute atomic E-state index is 13.6. The van der Waals surface area contributed by atoms with Gasteiger partial charge in [-0.2, -0.15) is 0 Å². The lowest BCUT2D eigenvalue weighted by atomic mass is 10.0. The van der Waals surface area contributed by atoms with Gasteiger partial charge in [-0.05, 0) is 48.2 Å². The highest BCUT2D eigenvalue weighted by atomic mass is 35.5. The highest BCUT2D eigenvalue weighted by Crippen LogP contribution is 2.34. The van der Waals surface area contributed by atoms with E-state index in [0.717, 1.165) is 31.2 Å². The molecule has 2 aromatic carbocycles. The number of hydrogen-bond donors (Lipinski definition) is 1. The molecule has 1 heterocycles. The number of fused-ring (bicyclic) bond motifs is 1. The molecule has 8 heteroatoms. The predicted molar refractivity (Wildman–Crippen MR) is 128 cm³/mol. The number of carbonyl (C=O) groups excluding carboxylic acids is 2. The molecule has 1 saturated carbocycles. The fourth-order valence-corrected chi connectivity index (χ4v) is 4.74. The number of alkyl halides is 1. The van der Waals surface area contributed by atoms with Crippen LogP contribution in [0, 0.1) is 0 Å². The van der Waals surface area contributed by atoms with Crippen molar-refractivity contribution in [3.63, 3.8) is 0 Å². The van der Waals surface area contributed by atoms with Gasteiger partial charge in [-0.25, -0.2) is 0 Å². The van der Waals surface area contributed by atoms with Crippen molar-refractivity contribution in [3.05, 3.63) is 58.6 Å². The molecule has 33 heavy (non-hydrogen) atoms. The summed E-state index contributed by atoms with van der Waals surface area (Å²) in [5, 5.41) is 3.77. The zero-order chi connectivity index (χ0) is 23.2. The molecule has 0 bridgehead atoms. The summed E-state index contributed by atoms with van der Waals surface area (Å²) in [6.45, 7) is 0.369. The van der Waals surface area contributed by atoms with Crippen LogP contribution in [-0.2, 0) is 16.1 Å². The number of hydrogen-bond acceptors (Lipinski definition) is 4. The van der Waals surface area contributed by atoms with Crippen molar-refractivity contribution < 1.29 is 19.1 Å². The molecule has 4 rings (SSSR count). The summed E-state index contributed by atoms with van der Waals surface area (Å²) in [5.41, 5.74) is 1.50. The van der Waals surface area contributed by atoms with Crippen molar-refractivity contribution in [1.82, 2.24) is 10.2 Å². The van der Waals surface area contributed by atoms with E-state index in [-0.39, 0.29) is 37.1 Å². The SMILES string of the molecule is O=C(NC1CCCCCC1)C(c1ccc(Cl)cc1)N(Cc1ccc2c(c1)OCO2)C(=O)CCl. The number of halogens is 2. The number of carbonyl (C=O) groups is 2. The highest BCUT2D eigenvalue weighted by Gasteiger charge is 2.33. The van der Waals surface area contributed by atoms with Crippen LogP contribution in [0.1, 0.15) is 55.7 Å². The number of nitrogens with zero attached hydrogens (tertiary/aromatic N) is 1. The van der Waals surface area contributed by atoms with Gasteiger partial charge in [0.1, 0.15) is 11.9 Å². The lowest BCUT2D eigenvalue weighted by Crippen LogP contribution is -2.46. The molecule has 1 fully saturated rings. The molecule has 1 N–H and O–H groups in total. The van der Waals surface area contributed by atoms with Gasteiger partial charge in [-0.15, -0.1) is 11.6 Å². The molecule has 0 radical (unpaired) electrons. The van der Waals surface area contributed by atoms with E-state index < -0.39 is 6.04 Å². The van der Waals surface area contributed by atoms with Crippen LogP contribution in [0.3, 0.4) is 0 Å². The summed E-state index contributed by atoms with van der Waals surface area (Å²) < 4.78 is 10.9. The van der Waals surface area contributed by atoms with E-state index in [1.807, 2.05) is 18.2 Å². The Morgan fingerprint density at radius 2 is 1.70 bits per heavy atom. The van der Waals surface area contributed by atoms with Gasteiger partial charge < -0.3 is 19.7 Å². The number of ether oxygens (including phenoxy) is 2. The molecule has 2 aliphatic rings. The quantitative estimate of drug-likeness (QED) is 0.426. The molecule has 1 atom stereocenters.